The average molecular weight is 77.1 g/mol. The zero-order chi connectivity index (χ0) is 4.12. The molecule has 0 saturated heterocycles. The molecular formula is C2H7NO2. The fourth-order valence-electron chi connectivity index (χ4n) is 0.0527. The Bertz CT molecular complexity index is 15.1. The first-order chi connectivity index (χ1) is 2.41. The summed E-state index contributed by atoms with van der Waals surface area (Å²) in [5, 5.41) is 7.49. The Balaban J connectivity index is 2.19. The van der Waals surface area contributed by atoms with Gasteiger partial charge in [-0.1, -0.05) is 0 Å². The summed E-state index contributed by atoms with van der Waals surface area (Å²) in [6.45, 7) is 0.594. The van der Waals surface area contributed by atoms with E-state index < -0.39 is 0 Å². The van der Waals surface area contributed by atoms with Crippen LogP contribution in [0.4, 0.5) is 0 Å². The van der Waals surface area contributed by atoms with Gasteiger partial charge in [-0.2, -0.15) is 0 Å². The lowest BCUT2D eigenvalue weighted by atomic mass is 10.8. The molecule has 0 radical (unpaired) electrons. The van der Waals surface area contributed by atoms with Crippen molar-refractivity contribution in [3.05, 3.63) is 0 Å². The van der Waals surface area contributed by atoms with Crippen LogP contribution in [0.5, 0.6) is 0 Å². The molecule has 5 heavy (non-hydrogen) atoms. The van der Waals surface area contributed by atoms with Crippen molar-refractivity contribution in [3.63, 3.8) is 0 Å². The third-order valence-electron chi connectivity index (χ3n) is 0.209. The van der Waals surface area contributed by atoms with Gasteiger partial charge in [-0.05, 0) is 0 Å². The smallest absolute Gasteiger partial charge is 0.0941 e. The predicted molar refractivity (Wildman–Crippen MR) is 17.6 cm³/mol. The molecule has 3 N–H and O–H groups in total. The Labute approximate surface area is 30.3 Å². The second-order valence-electron chi connectivity index (χ2n) is 0.622. The third kappa shape index (κ3) is 3.88. The minimum atomic E-state index is 0.222. The highest BCUT2D eigenvalue weighted by atomic mass is 17.1. The van der Waals surface area contributed by atoms with Crippen molar-refractivity contribution < 1.29 is 10.1 Å². The van der Waals surface area contributed by atoms with E-state index in [1.54, 1.807) is 0 Å². The van der Waals surface area contributed by atoms with E-state index in [1.165, 1.54) is 0 Å². The molecule has 0 amide bonds. The van der Waals surface area contributed by atoms with Gasteiger partial charge < -0.3 is 5.73 Å². The van der Waals surface area contributed by atoms with E-state index in [4.69, 9.17) is 11.0 Å². The number of rotatable bonds is 2. The first-order valence-corrected chi connectivity index (χ1v) is 1.38. The van der Waals surface area contributed by atoms with Crippen LogP contribution >= 0.6 is 0 Å². The highest BCUT2D eigenvalue weighted by molar-refractivity contribution is 4.19. The van der Waals surface area contributed by atoms with Crippen LogP contribution in [-0.2, 0) is 4.89 Å². The van der Waals surface area contributed by atoms with Crippen molar-refractivity contribution >= 4 is 0 Å². The molecule has 32 valence electrons. The summed E-state index contributed by atoms with van der Waals surface area (Å²) < 4.78 is 0. The monoisotopic (exact) mass is 77.0 g/mol. The van der Waals surface area contributed by atoms with Crippen LogP contribution in [0.1, 0.15) is 0 Å². The molecule has 0 aliphatic carbocycles. The quantitative estimate of drug-likeness (QED) is 0.343. The van der Waals surface area contributed by atoms with Crippen molar-refractivity contribution in [2.24, 2.45) is 5.73 Å². The lowest BCUT2D eigenvalue weighted by Crippen LogP contribution is -2.05. The first-order valence-electron chi connectivity index (χ1n) is 1.38. The van der Waals surface area contributed by atoms with Gasteiger partial charge in [-0.25, -0.2) is 4.89 Å². The van der Waals surface area contributed by atoms with Crippen molar-refractivity contribution in [3.8, 4) is 0 Å². The second-order valence-corrected chi connectivity index (χ2v) is 0.622. The van der Waals surface area contributed by atoms with E-state index in [-0.39, 0.29) is 6.61 Å². The highest BCUT2D eigenvalue weighted by Crippen LogP contribution is 1.52. The molecular weight excluding hydrogens is 70.0 g/mol. The molecule has 0 atom stereocenters. The van der Waals surface area contributed by atoms with E-state index in [2.05, 4.69) is 4.89 Å². The van der Waals surface area contributed by atoms with E-state index in [0.29, 0.717) is 6.54 Å². The SMILES string of the molecule is NCCOO. The predicted octanol–water partition coefficient (Wildman–Crippen LogP) is -0.565. The molecule has 0 spiro atoms. The Morgan fingerprint density at radius 3 is 2.40 bits per heavy atom. The molecule has 0 saturated carbocycles. The maximum absolute atomic E-state index is 7.49. The van der Waals surface area contributed by atoms with Gasteiger partial charge in [-0.3, -0.25) is 5.26 Å². The summed E-state index contributed by atoms with van der Waals surface area (Å²) >= 11 is 0. The van der Waals surface area contributed by atoms with Crippen LogP contribution in [-0.4, -0.2) is 18.4 Å². The van der Waals surface area contributed by atoms with Gasteiger partial charge in [0.1, 0.15) is 0 Å². The Morgan fingerprint density at radius 2 is 2.40 bits per heavy atom. The molecule has 0 rings (SSSR count). The molecule has 0 aliphatic heterocycles. The molecule has 3 heteroatoms. The normalized spacial score (nSPS) is 8.40. The molecule has 0 unspecified atom stereocenters. The molecule has 0 aromatic heterocycles. The molecule has 0 aliphatic rings. The van der Waals surface area contributed by atoms with E-state index in [1.807, 2.05) is 0 Å². The summed E-state index contributed by atoms with van der Waals surface area (Å²) in [4.78, 5) is 3.57. The zero-order valence-electron chi connectivity index (χ0n) is 2.85. The first kappa shape index (κ1) is 4.88. The summed E-state index contributed by atoms with van der Waals surface area (Å²) in [6, 6.07) is 0. The summed E-state index contributed by atoms with van der Waals surface area (Å²) in [5.74, 6) is 0. The summed E-state index contributed by atoms with van der Waals surface area (Å²) in [5.41, 5.74) is 4.85. The number of hydrogen-bond acceptors (Lipinski definition) is 3. The van der Waals surface area contributed by atoms with Gasteiger partial charge >= 0.3 is 0 Å². The summed E-state index contributed by atoms with van der Waals surface area (Å²) in [7, 11) is 0. The molecule has 0 fully saturated rings. The van der Waals surface area contributed by atoms with Gasteiger partial charge in [-0.15, -0.1) is 0 Å². The minimum absolute atomic E-state index is 0.222. The fourth-order valence-corrected chi connectivity index (χ4v) is 0.0527. The maximum Gasteiger partial charge on any atom is 0.0941 e. The topological polar surface area (TPSA) is 55.5 Å². The molecule has 0 bridgehead atoms. The third-order valence-corrected chi connectivity index (χ3v) is 0.209. The van der Waals surface area contributed by atoms with Crippen LogP contribution in [0.2, 0.25) is 0 Å². The van der Waals surface area contributed by atoms with Crippen molar-refractivity contribution in [1.29, 1.82) is 0 Å². The fraction of sp³-hybridized carbons (Fsp3) is 1.00. The molecule has 0 heterocycles. The highest BCUT2D eigenvalue weighted by Gasteiger charge is 1.68. The molecule has 0 aromatic rings. The van der Waals surface area contributed by atoms with E-state index in [9.17, 15) is 0 Å². The summed E-state index contributed by atoms with van der Waals surface area (Å²) in [6.07, 6.45) is 0. The standard InChI is InChI=1S/C2H7NO2/c3-1-2-5-4/h4H,1-3H2. The lowest BCUT2D eigenvalue weighted by Gasteiger charge is -1.82. The Kier molecular flexibility index (Phi) is 3.79. The van der Waals surface area contributed by atoms with Gasteiger partial charge in [0.05, 0.1) is 6.61 Å². The number of nitrogens with two attached hydrogens (primary N) is 1. The van der Waals surface area contributed by atoms with Gasteiger partial charge in [0.25, 0.3) is 0 Å². The van der Waals surface area contributed by atoms with Crippen molar-refractivity contribution in [1.82, 2.24) is 0 Å². The second kappa shape index (κ2) is 3.88. The van der Waals surface area contributed by atoms with Gasteiger partial charge in [0.2, 0.25) is 0 Å². The Morgan fingerprint density at radius 1 is 1.80 bits per heavy atom. The van der Waals surface area contributed by atoms with Crippen LogP contribution < -0.4 is 5.73 Å². The largest absolute Gasteiger partial charge is 0.328 e. The molecule has 3 nitrogen and oxygen atoms in total. The van der Waals surface area contributed by atoms with Crippen LogP contribution in [0, 0.1) is 0 Å². The zero-order valence-corrected chi connectivity index (χ0v) is 2.85. The number of hydrogen-bond donors (Lipinski definition) is 2. The average Bonchev–Trinajstić information content (AvgIpc) is 1.41. The minimum Gasteiger partial charge on any atom is -0.328 e. The van der Waals surface area contributed by atoms with Gasteiger partial charge in [0.15, 0.2) is 0 Å². The van der Waals surface area contributed by atoms with E-state index in [0.717, 1.165) is 0 Å². The Hall–Kier alpha value is -0.120. The van der Waals surface area contributed by atoms with Gasteiger partial charge in [0, 0.05) is 6.54 Å². The van der Waals surface area contributed by atoms with Crippen LogP contribution in [0.3, 0.4) is 0 Å². The van der Waals surface area contributed by atoms with E-state index >= 15 is 0 Å². The van der Waals surface area contributed by atoms with Crippen molar-refractivity contribution in [2.45, 2.75) is 0 Å². The van der Waals surface area contributed by atoms with Crippen LogP contribution in [0.25, 0.3) is 0 Å². The van der Waals surface area contributed by atoms with Crippen molar-refractivity contribution in [2.75, 3.05) is 13.2 Å². The van der Waals surface area contributed by atoms with Crippen LogP contribution in [0.15, 0.2) is 0 Å². The maximum atomic E-state index is 7.49. The lowest BCUT2D eigenvalue weighted by molar-refractivity contribution is -0.239. The molecule has 0 aromatic carbocycles.